The smallest absolute Gasteiger partial charge is 0.281 e. The number of hydrogen-bond donors (Lipinski definition) is 1. The number of rotatable bonds is 6. The Morgan fingerprint density at radius 1 is 1.14 bits per heavy atom. The molecule has 146 valence electrons. The fourth-order valence-corrected chi connectivity index (χ4v) is 2.85. The molecule has 2 aromatic heterocycles. The highest BCUT2D eigenvalue weighted by molar-refractivity contribution is 5.97. The van der Waals surface area contributed by atoms with E-state index < -0.39 is 0 Å². The second-order valence-electron chi connectivity index (χ2n) is 6.51. The van der Waals surface area contributed by atoms with Crippen LogP contribution in [-0.2, 0) is 6.54 Å². The summed E-state index contributed by atoms with van der Waals surface area (Å²) in [6, 6.07) is 18.4. The number of methoxy groups -OCH3 is 1. The van der Waals surface area contributed by atoms with Crippen molar-refractivity contribution < 1.29 is 13.9 Å². The number of aromatic nitrogens is 3. The van der Waals surface area contributed by atoms with Crippen LogP contribution in [0.5, 0.6) is 5.75 Å². The lowest BCUT2D eigenvalue weighted by Gasteiger charge is -2.07. The second-order valence-corrected chi connectivity index (χ2v) is 6.51. The zero-order chi connectivity index (χ0) is 20.2. The van der Waals surface area contributed by atoms with Crippen LogP contribution in [-0.4, -0.2) is 27.8 Å². The average molecular weight is 388 g/mol. The molecule has 0 saturated heterocycles. The van der Waals surface area contributed by atoms with Crippen LogP contribution < -0.4 is 10.1 Å². The molecule has 29 heavy (non-hydrogen) atoms. The first-order valence-electron chi connectivity index (χ1n) is 9.13. The van der Waals surface area contributed by atoms with Crippen LogP contribution in [0.15, 0.2) is 71.3 Å². The van der Waals surface area contributed by atoms with Gasteiger partial charge in [-0.2, -0.15) is 9.67 Å². The summed E-state index contributed by atoms with van der Waals surface area (Å²) in [6.07, 6.45) is 1.60. The van der Waals surface area contributed by atoms with Gasteiger partial charge < -0.3 is 14.5 Å². The summed E-state index contributed by atoms with van der Waals surface area (Å²) in [5.74, 6) is 1.81. The minimum Gasteiger partial charge on any atom is -0.497 e. The van der Waals surface area contributed by atoms with E-state index in [2.05, 4.69) is 15.4 Å². The van der Waals surface area contributed by atoms with Crippen LogP contribution in [0.25, 0.3) is 11.4 Å². The Labute approximate surface area is 168 Å². The maximum absolute atomic E-state index is 13.1. The number of carbonyl (C=O) groups excluding carboxylic acids is 1. The molecular formula is C22H20N4O3. The number of nitrogens with zero attached hydrogens (tertiary/aromatic N) is 3. The molecule has 0 bridgehead atoms. The molecule has 0 aliphatic carbocycles. The van der Waals surface area contributed by atoms with Gasteiger partial charge in [0.1, 0.15) is 11.5 Å². The Morgan fingerprint density at radius 3 is 2.69 bits per heavy atom. The minimum absolute atomic E-state index is 0.309. The number of benzene rings is 2. The molecule has 0 fully saturated rings. The van der Waals surface area contributed by atoms with Crippen LogP contribution in [0.1, 0.15) is 21.7 Å². The molecule has 2 aromatic carbocycles. The molecule has 0 saturated carbocycles. The minimum atomic E-state index is -0.309. The lowest BCUT2D eigenvalue weighted by molar-refractivity contribution is 0.0947. The molecule has 0 unspecified atom stereocenters. The van der Waals surface area contributed by atoms with E-state index in [9.17, 15) is 4.79 Å². The molecule has 0 radical (unpaired) electrons. The number of carbonyl (C=O) groups is 1. The van der Waals surface area contributed by atoms with E-state index in [-0.39, 0.29) is 5.91 Å². The average Bonchev–Trinajstić information content (AvgIpc) is 3.42. The van der Waals surface area contributed by atoms with Gasteiger partial charge in [0.15, 0.2) is 5.82 Å². The lowest BCUT2D eigenvalue weighted by atomic mass is 10.1. The van der Waals surface area contributed by atoms with Gasteiger partial charge in [0.25, 0.3) is 5.91 Å². The summed E-state index contributed by atoms with van der Waals surface area (Å²) in [5, 5.41) is 7.60. The summed E-state index contributed by atoms with van der Waals surface area (Å²) in [6.45, 7) is 2.39. The highest BCUT2D eigenvalue weighted by Crippen LogP contribution is 2.21. The highest BCUT2D eigenvalue weighted by Gasteiger charge is 2.19. The van der Waals surface area contributed by atoms with Crippen molar-refractivity contribution in [2.45, 2.75) is 13.5 Å². The van der Waals surface area contributed by atoms with Crippen molar-refractivity contribution in [3.63, 3.8) is 0 Å². The zero-order valence-electron chi connectivity index (χ0n) is 16.1. The fraction of sp³-hybridized carbons (Fsp3) is 0.136. The van der Waals surface area contributed by atoms with Gasteiger partial charge in [0.2, 0.25) is 5.95 Å². The maximum atomic E-state index is 13.1. The van der Waals surface area contributed by atoms with Gasteiger partial charge in [-0.1, -0.05) is 35.9 Å². The van der Waals surface area contributed by atoms with Gasteiger partial charge in [0, 0.05) is 11.1 Å². The SMILES string of the molecule is COc1cccc(C(=O)n2nc(-c3ccc(C)cc3)nc2NCc2ccco2)c1. The number of nitrogens with one attached hydrogen (secondary N) is 1. The predicted octanol–water partition coefficient (Wildman–Crippen LogP) is 4.16. The van der Waals surface area contributed by atoms with E-state index in [1.54, 1.807) is 43.7 Å². The Kier molecular flexibility index (Phi) is 5.11. The first-order valence-corrected chi connectivity index (χ1v) is 9.13. The number of aryl methyl sites for hydroxylation is 1. The molecule has 0 atom stereocenters. The monoisotopic (exact) mass is 388 g/mol. The second kappa shape index (κ2) is 8.02. The fourth-order valence-electron chi connectivity index (χ4n) is 2.85. The van der Waals surface area contributed by atoms with Gasteiger partial charge in [-0.05, 0) is 37.3 Å². The Balaban J connectivity index is 1.71. The van der Waals surface area contributed by atoms with Gasteiger partial charge in [-0.15, -0.1) is 5.10 Å². The Bertz CT molecular complexity index is 1120. The van der Waals surface area contributed by atoms with Crippen molar-refractivity contribution in [3.05, 3.63) is 83.8 Å². The van der Waals surface area contributed by atoms with Gasteiger partial charge in [0.05, 0.1) is 19.9 Å². The summed E-state index contributed by atoms with van der Waals surface area (Å²) in [7, 11) is 1.56. The third-order valence-electron chi connectivity index (χ3n) is 4.43. The molecule has 1 N–H and O–H groups in total. The van der Waals surface area contributed by atoms with Crippen molar-refractivity contribution in [3.8, 4) is 17.1 Å². The highest BCUT2D eigenvalue weighted by atomic mass is 16.5. The lowest BCUT2D eigenvalue weighted by Crippen LogP contribution is -2.17. The van der Waals surface area contributed by atoms with Crippen LogP contribution >= 0.6 is 0 Å². The van der Waals surface area contributed by atoms with Crippen molar-refractivity contribution in [1.82, 2.24) is 14.8 Å². The topological polar surface area (TPSA) is 82.2 Å². The first-order chi connectivity index (χ1) is 14.1. The van der Waals surface area contributed by atoms with Gasteiger partial charge in [-0.25, -0.2) is 0 Å². The molecule has 4 rings (SSSR count). The number of hydrogen-bond acceptors (Lipinski definition) is 6. The van der Waals surface area contributed by atoms with Crippen LogP contribution in [0.4, 0.5) is 5.95 Å². The van der Waals surface area contributed by atoms with Crippen molar-refractivity contribution in [2.75, 3.05) is 12.4 Å². The third-order valence-corrected chi connectivity index (χ3v) is 4.43. The normalized spacial score (nSPS) is 10.7. The summed E-state index contributed by atoms with van der Waals surface area (Å²) < 4.78 is 11.9. The maximum Gasteiger partial charge on any atom is 0.281 e. The number of furan rings is 1. The number of anilines is 1. The molecule has 0 aliphatic heterocycles. The van der Waals surface area contributed by atoms with E-state index in [0.29, 0.717) is 29.6 Å². The van der Waals surface area contributed by atoms with E-state index in [0.717, 1.165) is 16.9 Å². The molecular weight excluding hydrogens is 368 g/mol. The van der Waals surface area contributed by atoms with Gasteiger partial charge in [-0.3, -0.25) is 4.79 Å². The molecule has 0 spiro atoms. The summed E-state index contributed by atoms with van der Waals surface area (Å²) in [4.78, 5) is 17.7. The Hall–Kier alpha value is -3.87. The molecule has 7 heteroatoms. The van der Waals surface area contributed by atoms with E-state index in [4.69, 9.17) is 9.15 Å². The molecule has 2 heterocycles. The van der Waals surface area contributed by atoms with Crippen molar-refractivity contribution in [1.29, 1.82) is 0 Å². The number of ether oxygens (including phenoxy) is 1. The van der Waals surface area contributed by atoms with E-state index in [1.165, 1.54) is 4.68 Å². The molecule has 4 aromatic rings. The standard InChI is InChI=1S/C22H20N4O3/c1-15-8-10-16(11-9-15)20-24-22(23-14-19-7-4-12-29-19)26(25-20)21(27)17-5-3-6-18(13-17)28-2/h3-13H,14H2,1-2H3,(H,23,24,25). The third kappa shape index (κ3) is 4.03. The largest absolute Gasteiger partial charge is 0.497 e. The Morgan fingerprint density at radius 2 is 1.97 bits per heavy atom. The summed E-state index contributed by atoms with van der Waals surface area (Å²) >= 11 is 0. The van der Waals surface area contributed by atoms with Crippen LogP contribution in [0.2, 0.25) is 0 Å². The molecule has 7 nitrogen and oxygen atoms in total. The molecule has 0 amide bonds. The van der Waals surface area contributed by atoms with E-state index in [1.807, 2.05) is 37.3 Å². The van der Waals surface area contributed by atoms with E-state index >= 15 is 0 Å². The first kappa shape index (κ1) is 18.5. The van der Waals surface area contributed by atoms with Gasteiger partial charge >= 0.3 is 0 Å². The van der Waals surface area contributed by atoms with Crippen LogP contribution in [0, 0.1) is 6.92 Å². The van der Waals surface area contributed by atoms with Crippen molar-refractivity contribution in [2.24, 2.45) is 0 Å². The quantitative estimate of drug-likeness (QED) is 0.534. The predicted molar refractivity (Wildman–Crippen MR) is 109 cm³/mol. The molecule has 0 aliphatic rings. The van der Waals surface area contributed by atoms with Crippen LogP contribution in [0.3, 0.4) is 0 Å². The van der Waals surface area contributed by atoms with Crippen molar-refractivity contribution >= 4 is 11.9 Å². The summed E-state index contributed by atoms with van der Waals surface area (Å²) in [5.41, 5.74) is 2.41. The zero-order valence-corrected chi connectivity index (χ0v) is 16.1.